The van der Waals surface area contributed by atoms with E-state index in [-0.39, 0.29) is 12.5 Å². The van der Waals surface area contributed by atoms with Gasteiger partial charge < -0.3 is 10.4 Å². The van der Waals surface area contributed by atoms with E-state index in [2.05, 4.69) is 31.0 Å². The van der Waals surface area contributed by atoms with Gasteiger partial charge in [-0.2, -0.15) is 0 Å². The van der Waals surface area contributed by atoms with Crippen molar-refractivity contribution < 1.29 is 9.90 Å². The van der Waals surface area contributed by atoms with Crippen LogP contribution in [-0.2, 0) is 4.79 Å². The summed E-state index contributed by atoms with van der Waals surface area (Å²) in [5, 5.41) is 13.2. The lowest BCUT2D eigenvalue weighted by Gasteiger charge is -2.40. The van der Waals surface area contributed by atoms with Crippen molar-refractivity contribution in [3.05, 3.63) is 35.9 Å². The van der Waals surface area contributed by atoms with Crippen molar-refractivity contribution in [2.24, 2.45) is 5.41 Å². The van der Waals surface area contributed by atoms with Crippen LogP contribution in [0.5, 0.6) is 0 Å². The van der Waals surface area contributed by atoms with Gasteiger partial charge in [-0.25, -0.2) is 0 Å². The van der Waals surface area contributed by atoms with Crippen molar-refractivity contribution >= 4 is 5.91 Å². The van der Waals surface area contributed by atoms with Crippen molar-refractivity contribution in [1.82, 2.24) is 5.32 Å². The first-order valence-corrected chi connectivity index (χ1v) is 7.46. The van der Waals surface area contributed by atoms with Gasteiger partial charge in [0.2, 0.25) is 0 Å². The Morgan fingerprint density at radius 3 is 2.43 bits per heavy atom. The summed E-state index contributed by atoms with van der Waals surface area (Å²) in [6.45, 7) is 4.72. The molecule has 0 spiro atoms. The summed E-state index contributed by atoms with van der Waals surface area (Å²) in [4.78, 5) is 11.7. The average molecular weight is 285 g/mol. The van der Waals surface area contributed by atoms with Crippen LogP contribution in [0.4, 0.5) is 0 Å². The molecule has 0 radical (unpaired) electrons. The van der Waals surface area contributed by atoms with Crippen molar-refractivity contribution in [1.29, 1.82) is 0 Å². The van der Waals surface area contributed by atoms with Crippen LogP contribution in [0.1, 0.15) is 45.1 Å². The molecule has 2 rings (SSSR count). The predicted molar refractivity (Wildman–Crippen MR) is 83.5 cm³/mol. The Labute approximate surface area is 126 Å². The number of carbonyl (C=O) groups is 1. The average Bonchev–Trinajstić information content (AvgIpc) is 2.48. The molecule has 0 atom stereocenters. The maximum absolute atomic E-state index is 11.7. The van der Waals surface area contributed by atoms with E-state index in [1.54, 1.807) is 0 Å². The van der Waals surface area contributed by atoms with Gasteiger partial charge in [0.1, 0.15) is 0 Å². The zero-order valence-electron chi connectivity index (χ0n) is 12.8. The predicted octanol–water partition coefficient (Wildman–Crippen LogP) is 2.49. The number of benzene rings is 1. The summed E-state index contributed by atoms with van der Waals surface area (Å²) >= 11 is 0. The zero-order chi connectivity index (χ0) is 15.3. The van der Waals surface area contributed by atoms with E-state index in [1.807, 2.05) is 30.3 Å². The Hall–Kier alpha value is -1.79. The summed E-state index contributed by atoms with van der Waals surface area (Å²) in [5.41, 5.74) is 0.328. The van der Waals surface area contributed by atoms with Gasteiger partial charge in [0.05, 0.1) is 5.60 Å². The molecule has 0 aliphatic heterocycles. The lowest BCUT2D eigenvalue weighted by Crippen LogP contribution is -2.46. The van der Waals surface area contributed by atoms with E-state index in [9.17, 15) is 9.90 Å². The van der Waals surface area contributed by atoms with Crippen LogP contribution < -0.4 is 5.32 Å². The molecule has 1 aromatic carbocycles. The van der Waals surface area contributed by atoms with Crippen LogP contribution in [0.15, 0.2) is 30.3 Å². The standard InChI is InChI=1S/C18H23NO2/c1-17(2)10-12-18(21,13-11-17)14-19-16(20)9-8-15-6-4-3-5-7-15/h3-7,21H,10-14H2,1-2H3,(H,19,20). The molecule has 1 aromatic rings. The molecule has 1 aliphatic carbocycles. The third-order valence-electron chi connectivity index (χ3n) is 4.21. The van der Waals surface area contributed by atoms with Crippen LogP contribution in [0.25, 0.3) is 0 Å². The topological polar surface area (TPSA) is 49.3 Å². The van der Waals surface area contributed by atoms with Crippen LogP contribution in [-0.4, -0.2) is 23.2 Å². The molecule has 0 heterocycles. The lowest BCUT2D eigenvalue weighted by molar-refractivity contribution is -0.117. The van der Waals surface area contributed by atoms with Gasteiger partial charge in [0.15, 0.2) is 0 Å². The largest absolute Gasteiger partial charge is 0.388 e. The smallest absolute Gasteiger partial charge is 0.296 e. The highest BCUT2D eigenvalue weighted by Crippen LogP contribution is 2.39. The van der Waals surface area contributed by atoms with Crippen molar-refractivity contribution in [3.8, 4) is 11.8 Å². The number of aliphatic hydroxyl groups is 1. The third kappa shape index (κ3) is 4.91. The molecule has 1 aliphatic rings. The van der Waals surface area contributed by atoms with Crippen LogP contribution in [0, 0.1) is 17.3 Å². The number of hydrogen-bond acceptors (Lipinski definition) is 2. The minimum atomic E-state index is -0.778. The summed E-state index contributed by atoms with van der Waals surface area (Å²) in [5.74, 6) is 5.04. The molecular weight excluding hydrogens is 262 g/mol. The van der Waals surface area contributed by atoms with Gasteiger partial charge in [-0.05, 0) is 43.2 Å². The maximum atomic E-state index is 11.7. The number of rotatable bonds is 2. The second-order valence-electron chi connectivity index (χ2n) is 6.69. The number of nitrogens with one attached hydrogen (secondary N) is 1. The van der Waals surface area contributed by atoms with Crippen LogP contribution in [0.2, 0.25) is 0 Å². The van der Waals surface area contributed by atoms with Gasteiger partial charge in [0.25, 0.3) is 5.91 Å². The molecule has 112 valence electrons. The summed E-state index contributed by atoms with van der Waals surface area (Å²) in [7, 11) is 0. The first kappa shape index (κ1) is 15.6. The van der Waals surface area contributed by atoms with Gasteiger partial charge in [-0.1, -0.05) is 38.0 Å². The first-order valence-electron chi connectivity index (χ1n) is 7.46. The highest BCUT2D eigenvalue weighted by molar-refractivity contribution is 5.94. The quantitative estimate of drug-likeness (QED) is 0.820. The summed E-state index contributed by atoms with van der Waals surface area (Å²) in [6.07, 6.45) is 3.42. The van der Waals surface area contributed by atoms with Crippen LogP contribution in [0.3, 0.4) is 0 Å². The Morgan fingerprint density at radius 2 is 1.81 bits per heavy atom. The monoisotopic (exact) mass is 285 g/mol. The van der Waals surface area contributed by atoms with E-state index < -0.39 is 5.60 Å². The molecule has 21 heavy (non-hydrogen) atoms. The normalized spacial score (nSPS) is 19.2. The fourth-order valence-electron chi connectivity index (χ4n) is 2.51. The molecule has 0 aromatic heterocycles. The van der Waals surface area contributed by atoms with Gasteiger partial charge in [-0.15, -0.1) is 0 Å². The Morgan fingerprint density at radius 1 is 1.19 bits per heavy atom. The van der Waals surface area contributed by atoms with Gasteiger partial charge in [0, 0.05) is 18.0 Å². The second-order valence-corrected chi connectivity index (χ2v) is 6.69. The van der Waals surface area contributed by atoms with Crippen molar-refractivity contribution in [2.75, 3.05) is 6.54 Å². The lowest BCUT2D eigenvalue weighted by atomic mass is 9.71. The molecule has 3 nitrogen and oxygen atoms in total. The molecule has 3 heteroatoms. The van der Waals surface area contributed by atoms with E-state index in [0.717, 1.165) is 31.2 Å². The number of amides is 1. The molecule has 2 N–H and O–H groups in total. The molecule has 0 unspecified atom stereocenters. The minimum Gasteiger partial charge on any atom is -0.388 e. The van der Waals surface area contributed by atoms with Gasteiger partial charge in [-0.3, -0.25) is 4.79 Å². The first-order chi connectivity index (χ1) is 9.89. The number of hydrogen-bond donors (Lipinski definition) is 2. The van der Waals surface area contributed by atoms with Crippen molar-refractivity contribution in [2.45, 2.75) is 45.1 Å². The Bertz CT molecular complexity index is 542. The Kier molecular flexibility index (Phi) is 4.69. The zero-order valence-corrected chi connectivity index (χ0v) is 12.8. The summed E-state index contributed by atoms with van der Waals surface area (Å²) < 4.78 is 0. The Balaban J connectivity index is 1.83. The molecule has 1 saturated carbocycles. The van der Waals surface area contributed by atoms with Gasteiger partial charge >= 0.3 is 0 Å². The molecule has 0 bridgehead atoms. The number of carbonyl (C=O) groups excluding carboxylic acids is 1. The fraction of sp³-hybridized carbons (Fsp3) is 0.500. The molecule has 0 saturated heterocycles. The second kappa shape index (κ2) is 6.32. The molecule has 1 amide bonds. The van der Waals surface area contributed by atoms with E-state index in [1.165, 1.54) is 0 Å². The molecular formula is C18H23NO2. The van der Waals surface area contributed by atoms with Crippen molar-refractivity contribution in [3.63, 3.8) is 0 Å². The van der Waals surface area contributed by atoms with E-state index in [0.29, 0.717) is 5.41 Å². The van der Waals surface area contributed by atoms with Crippen LogP contribution >= 0.6 is 0 Å². The minimum absolute atomic E-state index is 0.283. The fourth-order valence-corrected chi connectivity index (χ4v) is 2.51. The maximum Gasteiger partial charge on any atom is 0.296 e. The highest BCUT2D eigenvalue weighted by atomic mass is 16.3. The summed E-state index contributed by atoms with van der Waals surface area (Å²) in [6, 6.07) is 9.39. The van der Waals surface area contributed by atoms with E-state index >= 15 is 0 Å². The highest BCUT2D eigenvalue weighted by Gasteiger charge is 2.36. The third-order valence-corrected chi connectivity index (χ3v) is 4.21. The van der Waals surface area contributed by atoms with E-state index in [4.69, 9.17) is 0 Å². The molecule has 1 fully saturated rings. The SMILES string of the molecule is CC1(C)CCC(O)(CNC(=O)C#Cc2ccccc2)CC1.